The Morgan fingerprint density at radius 2 is 1.42 bits per heavy atom. The first-order chi connectivity index (χ1) is 16.1. The van der Waals surface area contributed by atoms with Gasteiger partial charge in [-0.2, -0.15) is 5.10 Å². The Bertz CT molecular complexity index is 1130. The number of carbonyl (C=O) groups excluding carboxylic acids is 1. The van der Waals surface area contributed by atoms with Crippen LogP contribution < -0.4 is 25.0 Å². The molecule has 0 aliphatic carbocycles. The monoisotopic (exact) mass is 444 g/mol. The second-order valence-corrected chi connectivity index (χ2v) is 7.19. The molecule has 0 fully saturated rings. The van der Waals surface area contributed by atoms with Crippen LogP contribution in [0, 0.1) is 0 Å². The second kappa shape index (κ2) is 9.44. The summed E-state index contributed by atoms with van der Waals surface area (Å²) >= 11 is 0. The fourth-order valence-electron chi connectivity index (χ4n) is 3.76. The summed E-state index contributed by atoms with van der Waals surface area (Å²) in [6.45, 7) is 0. The summed E-state index contributed by atoms with van der Waals surface area (Å²) in [5.74, 6) is 1.50. The van der Waals surface area contributed by atoms with Crippen molar-refractivity contribution in [1.82, 2.24) is 10.7 Å². The molecule has 0 spiro atoms. The van der Waals surface area contributed by atoms with Gasteiger partial charge in [-0.05, 0) is 23.3 Å². The van der Waals surface area contributed by atoms with E-state index < -0.39 is 5.54 Å². The highest BCUT2D eigenvalue weighted by atomic mass is 16.5. The zero-order valence-electron chi connectivity index (χ0n) is 18.5. The second-order valence-electron chi connectivity index (χ2n) is 7.19. The lowest BCUT2D eigenvalue weighted by Gasteiger charge is -2.24. The highest BCUT2D eigenvalue weighted by Gasteiger charge is 2.46. The molecular formula is C25H24N4O4. The first-order valence-corrected chi connectivity index (χ1v) is 10.2. The van der Waals surface area contributed by atoms with Gasteiger partial charge in [0.1, 0.15) is 0 Å². The van der Waals surface area contributed by atoms with Gasteiger partial charge in [0.2, 0.25) is 11.7 Å². The molecule has 8 heteroatoms. The van der Waals surface area contributed by atoms with Gasteiger partial charge in [-0.15, -0.1) is 0 Å². The largest absolute Gasteiger partial charge is 0.493 e. The van der Waals surface area contributed by atoms with Crippen LogP contribution in [0.15, 0.2) is 82.9 Å². The summed E-state index contributed by atoms with van der Waals surface area (Å²) in [4.78, 5) is 17.9. The van der Waals surface area contributed by atoms with Crippen molar-refractivity contribution in [2.75, 3.05) is 21.3 Å². The molecule has 3 aromatic rings. The molecule has 33 heavy (non-hydrogen) atoms. The van der Waals surface area contributed by atoms with Crippen LogP contribution in [0.25, 0.3) is 0 Å². The molecule has 0 bridgehead atoms. The lowest BCUT2D eigenvalue weighted by atomic mass is 9.83. The maximum Gasteiger partial charge on any atom is 0.264 e. The third-order valence-corrected chi connectivity index (χ3v) is 5.29. The van der Waals surface area contributed by atoms with E-state index in [0.29, 0.717) is 22.8 Å². The zero-order valence-corrected chi connectivity index (χ0v) is 18.5. The van der Waals surface area contributed by atoms with Gasteiger partial charge in [0.15, 0.2) is 17.0 Å². The van der Waals surface area contributed by atoms with Gasteiger partial charge >= 0.3 is 0 Å². The van der Waals surface area contributed by atoms with Gasteiger partial charge in [-0.1, -0.05) is 60.7 Å². The van der Waals surface area contributed by atoms with Crippen molar-refractivity contribution in [3.8, 4) is 17.2 Å². The summed E-state index contributed by atoms with van der Waals surface area (Å²) in [7, 11) is 4.64. The number of guanidine groups is 1. The number of nitrogens with one attached hydrogen (secondary N) is 2. The molecule has 0 atom stereocenters. The maximum atomic E-state index is 13.2. The predicted molar refractivity (Wildman–Crippen MR) is 126 cm³/mol. The molecule has 3 aromatic carbocycles. The molecule has 1 heterocycles. The van der Waals surface area contributed by atoms with Gasteiger partial charge in [0.05, 0.1) is 27.5 Å². The zero-order chi connectivity index (χ0) is 23.3. The number of nitrogens with zero attached hydrogens (tertiary/aromatic N) is 2. The number of ether oxygens (including phenoxy) is 3. The lowest BCUT2D eigenvalue weighted by molar-refractivity contribution is -0.122. The van der Waals surface area contributed by atoms with E-state index in [2.05, 4.69) is 15.8 Å². The van der Waals surface area contributed by atoms with Crippen molar-refractivity contribution in [1.29, 1.82) is 0 Å². The summed E-state index contributed by atoms with van der Waals surface area (Å²) in [5.41, 5.74) is 3.87. The fraction of sp³-hybridized carbons (Fsp3) is 0.160. The standard InChI is InChI=1S/C25H24N4O4/c1-31-20-14-17(15-21(32-2)22(20)33-3)16-26-29-24-27-23(30)25(28-24,18-10-6-4-7-11-18)19-12-8-5-9-13-19/h4-16H,1-3H3,(H2,27,28,29,30)/b26-16+. The van der Waals surface area contributed by atoms with Crippen LogP contribution in [-0.4, -0.2) is 39.4 Å². The fourth-order valence-corrected chi connectivity index (χ4v) is 3.76. The third-order valence-electron chi connectivity index (χ3n) is 5.29. The smallest absolute Gasteiger partial charge is 0.264 e. The summed E-state index contributed by atoms with van der Waals surface area (Å²) in [6, 6.07) is 22.4. The van der Waals surface area contributed by atoms with Gasteiger partial charge in [0, 0.05) is 5.56 Å². The quantitative estimate of drug-likeness (QED) is 0.432. The number of carbonyl (C=O) groups is 1. The van der Waals surface area contributed by atoms with E-state index in [1.807, 2.05) is 60.7 Å². The van der Waals surface area contributed by atoms with E-state index in [1.165, 1.54) is 0 Å². The van der Waals surface area contributed by atoms with Crippen molar-refractivity contribution in [3.05, 3.63) is 89.5 Å². The maximum absolute atomic E-state index is 13.2. The Labute approximate surface area is 191 Å². The van der Waals surface area contributed by atoms with Crippen LogP contribution >= 0.6 is 0 Å². The van der Waals surface area contributed by atoms with Crippen LogP contribution in [-0.2, 0) is 10.3 Å². The molecule has 1 aliphatic rings. The summed E-state index contributed by atoms with van der Waals surface area (Å²) in [6.07, 6.45) is 1.57. The SMILES string of the molecule is COc1cc(/C=N/NC2=NC(c3ccccc3)(c3ccccc3)C(=O)N2)cc(OC)c1OC. The minimum atomic E-state index is -1.20. The van der Waals surface area contributed by atoms with Gasteiger partial charge < -0.3 is 14.2 Å². The molecule has 0 saturated carbocycles. The normalized spacial score (nSPS) is 14.5. The number of methoxy groups -OCH3 is 3. The van der Waals surface area contributed by atoms with Gasteiger partial charge in [-0.25, -0.2) is 10.4 Å². The number of hydrogen-bond acceptors (Lipinski definition) is 7. The van der Waals surface area contributed by atoms with Crippen LogP contribution in [0.4, 0.5) is 0 Å². The van der Waals surface area contributed by atoms with Crippen LogP contribution in [0.5, 0.6) is 17.2 Å². The van der Waals surface area contributed by atoms with E-state index >= 15 is 0 Å². The predicted octanol–water partition coefficient (Wildman–Crippen LogP) is 3.07. The van der Waals surface area contributed by atoms with Crippen LogP contribution in [0.2, 0.25) is 0 Å². The molecule has 168 valence electrons. The topological polar surface area (TPSA) is 93.5 Å². The van der Waals surface area contributed by atoms with E-state index in [0.717, 1.165) is 11.1 Å². The highest BCUT2D eigenvalue weighted by molar-refractivity contribution is 6.09. The molecule has 4 rings (SSSR count). The van der Waals surface area contributed by atoms with E-state index in [4.69, 9.17) is 19.2 Å². The third kappa shape index (κ3) is 4.10. The molecule has 1 amide bonds. The molecule has 0 saturated heterocycles. The van der Waals surface area contributed by atoms with E-state index in [1.54, 1.807) is 39.7 Å². The Kier molecular flexibility index (Phi) is 6.26. The number of hydrazone groups is 1. The van der Waals surface area contributed by atoms with Crippen molar-refractivity contribution < 1.29 is 19.0 Å². The molecular weight excluding hydrogens is 420 g/mol. The average Bonchev–Trinajstić information content (AvgIpc) is 3.21. The Balaban J connectivity index is 1.65. The average molecular weight is 444 g/mol. The van der Waals surface area contributed by atoms with Crippen molar-refractivity contribution in [2.45, 2.75) is 5.54 Å². The lowest BCUT2D eigenvalue weighted by Crippen LogP contribution is -2.40. The van der Waals surface area contributed by atoms with Gasteiger partial charge in [-0.3, -0.25) is 10.1 Å². The highest BCUT2D eigenvalue weighted by Crippen LogP contribution is 2.38. The number of benzene rings is 3. The molecule has 1 aliphatic heterocycles. The first-order valence-electron chi connectivity index (χ1n) is 10.2. The van der Waals surface area contributed by atoms with Crippen molar-refractivity contribution in [2.24, 2.45) is 10.1 Å². The Hall–Kier alpha value is -4.33. The molecule has 2 N–H and O–H groups in total. The summed E-state index contributed by atoms with van der Waals surface area (Å²) in [5, 5.41) is 7.05. The first kappa shape index (κ1) is 21.9. The van der Waals surface area contributed by atoms with E-state index in [9.17, 15) is 4.79 Å². The van der Waals surface area contributed by atoms with Crippen LogP contribution in [0.3, 0.4) is 0 Å². The minimum absolute atomic E-state index is 0.247. The number of amides is 1. The molecule has 0 aromatic heterocycles. The van der Waals surface area contributed by atoms with Gasteiger partial charge in [0.25, 0.3) is 5.91 Å². The number of hydrogen-bond donors (Lipinski definition) is 2. The molecule has 0 radical (unpaired) electrons. The van der Waals surface area contributed by atoms with Crippen molar-refractivity contribution in [3.63, 3.8) is 0 Å². The number of aliphatic imine (C=N–C) groups is 1. The summed E-state index contributed by atoms with van der Waals surface area (Å²) < 4.78 is 16.1. The van der Waals surface area contributed by atoms with E-state index in [-0.39, 0.29) is 11.9 Å². The Morgan fingerprint density at radius 3 is 1.91 bits per heavy atom. The minimum Gasteiger partial charge on any atom is -0.493 e. The molecule has 0 unspecified atom stereocenters. The van der Waals surface area contributed by atoms with Crippen molar-refractivity contribution >= 4 is 18.1 Å². The van der Waals surface area contributed by atoms with Crippen LogP contribution in [0.1, 0.15) is 16.7 Å². The number of rotatable bonds is 7. The molecule has 8 nitrogen and oxygen atoms in total. The Morgan fingerprint density at radius 1 is 0.879 bits per heavy atom.